The number of sulfonamides is 1. The second-order valence-corrected chi connectivity index (χ2v) is 7.50. The third-order valence-corrected chi connectivity index (χ3v) is 4.09. The number of hydrogen-bond acceptors (Lipinski definition) is 3. The molecule has 0 radical (unpaired) electrons. The maximum Gasteiger partial charge on any atom is 0.229 e. The number of nitrogens with zero attached hydrogens (tertiary/aromatic N) is 2. The molecule has 5 nitrogen and oxygen atoms in total. The van der Waals surface area contributed by atoms with Crippen molar-refractivity contribution < 1.29 is 17.2 Å². The highest BCUT2D eigenvalue weighted by Gasteiger charge is 2.14. The van der Waals surface area contributed by atoms with Crippen LogP contribution in [0.4, 0.5) is 14.5 Å². The number of nitrogens with one attached hydrogen (secondary N) is 1. The lowest BCUT2D eigenvalue weighted by atomic mass is 10.2. The first-order valence-electron chi connectivity index (χ1n) is 7.00. The Kier molecular flexibility index (Phi) is 4.49. The molecule has 1 N–H and O–H groups in total. The van der Waals surface area contributed by atoms with Crippen molar-refractivity contribution in [3.63, 3.8) is 0 Å². The lowest BCUT2D eigenvalue weighted by molar-refractivity contribution is 0.575. The summed E-state index contributed by atoms with van der Waals surface area (Å²) >= 11 is 6.06. The van der Waals surface area contributed by atoms with E-state index in [1.54, 1.807) is 29.0 Å². The summed E-state index contributed by atoms with van der Waals surface area (Å²) in [5.74, 6) is -1.58. The topological polar surface area (TPSA) is 64.0 Å². The number of halogens is 3. The summed E-state index contributed by atoms with van der Waals surface area (Å²) in [6.45, 7) is 0. The molecule has 0 aliphatic carbocycles. The van der Waals surface area contributed by atoms with Crippen LogP contribution < -0.4 is 4.72 Å². The minimum absolute atomic E-state index is 0.0380. The minimum Gasteiger partial charge on any atom is -0.315 e. The summed E-state index contributed by atoms with van der Waals surface area (Å²) in [6, 6.07) is 8.58. The first-order chi connectivity index (χ1) is 11.7. The van der Waals surface area contributed by atoms with E-state index in [1.807, 2.05) is 0 Å². The van der Waals surface area contributed by atoms with Gasteiger partial charge in [0.2, 0.25) is 10.0 Å². The van der Waals surface area contributed by atoms with E-state index in [2.05, 4.69) is 9.71 Å². The average Bonchev–Trinajstić information content (AvgIpc) is 2.93. The van der Waals surface area contributed by atoms with E-state index in [4.69, 9.17) is 11.6 Å². The molecular weight excluding hydrogens is 372 g/mol. The van der Waals surface area contributed by atoms with Crippen molar-refractivity contribution >= 4 is 27.3 Å². The predicted molar refractivity (Wildman–Crippen MR) is 92.4 cm³/mol. The Morgan fingerprint density at radius 1 is 1.20 bits per heavy atom. The summed E-state index contributed by atoms with van der Waals surface area (Å²) in [5.41, 5.74) is 1.08. The molecule has 0 aliphatic rings. The zero-order chi connectivity index (χ0) is 18.2. The van der Waals surface area contributed by atoms with Crippen LogP contribution in [0.1, 0.15) is 0 Å². The zero-order valence-corrected chi connectivity index (χ0v) is 14.4. The second kappa shape index (κ2) is 6.45. The molecule has 0 amide bonds. The van der Waals surface area contributed by atoms with Crippen molar-refractivity contribution in [3.05, 3.63) is 65.4 Å². The van der Waals surface area contributed by atoms with Crippen molar-refractivity contribution in [2.24, 2.45) is 0 Å². The van der Waals surface area contributed by atoms with Gasteiger partial charge in [0, 0.05) is 23.0 Å². The standard InChI is InChI=1S/C16H12ClF2N3O2S/c1-25(23,24)21-12-5-10(17)6-13(8-12)22-4-2-3-15(22)16-14(19)7-11(18)9-20-16/h2-9,21H,1H3. The maximum atomic E-state index is 14.1. The van der Waals surface area contributed by atoms with E-state index in [0.29, 0.717) is 11.4 Å². The molecule has 0 saturated heterocycles. The summed E-state index contributed by atoms with van der Waals surface area (Å²) in [7, 11) is -3.49. The van der Waals surface area contributed by atoms with Crippen LogP contribution in [-0.4, -0.2) is 24.2 Å². The van der Waals surface area contributed by atoms with Crippen LogP contribution in [0.3, 0.4) is 0 Å². The van der Waals surface area contributed by atoms with Gasteiger partial charge in [-0.25, -0.2) is 22.2 Å². The highest BCUT2D eigenvalue weighted by molar-refractivity contribution is 7.92. The molecule has 0 bridgehead atoms. The van der Waals surface area contributed by atoms with Gasteiger partial charge in [-0.3, -0.25) is 4.72 Å². The van der Waals surface area contributed by atoms with E-state index in [1.165, 1.54) is 12.1 Å². The largest absolute Gasteiger partial charge is 0.315 e. The fraction of sp³-hybridized carbons (Fsp3) is 0.0625. The Hall–Kier alpha value is -2.45. The summed E-state index contributed by atoms with van der Waals surface area (Å²) in [6.07, 6.45) is 3.58. The first-order valence-corrected chi connectivity index (χ1v) is 9.27. The number of aromatic nitrogens is 2. The van der Waals surface area contributed by atoms with Crippen LogP contribution in [0.5, 0.6) is 0 Å². The first kappa shape index (κ1) is 17.4. The van der Waals surface area contributed by atoms with Crippen LogP contribution >= 0.6 is 11.6 Å². The molecule has 9 heteroatoms. The third-order valence-electron chi connectivity index (χ3n) is 3.26. The maximum absolute atomic E-state index is 14.1. The van der Waals surface area contributed by atoms with Gasteiger partial charge in [0.1, 0.15) is 11.5 Å². The molecule has 25 heavy (non-hydrogen) atoms. The Balaban J connectivity index is 2.11. The molecule has 0 fully saturated rings. The molecule has 0 saturated carbocycles. The van der Waals surface area contributed by atoms with E-state index in [-0.39, 0.29) is 16.4 Å². The number of rotatable bonds is 4. The molecule has 0 spiro atoms. The molecule has 3 aromatic rings. The second-order valence-electron chi connectivity index (χ2n) is 5.32. The van der Waals surface area contributed by atoms with Gasteiger partial charge in [-0.2, -0.15) is 0 Å². The smallest absolute Gasteiger partial charge is 0.229 e. The lowest BCUT2D eigenvalue weighted by Gasteiger charge is -2.12. The third kappa shape index (κ3) is 3.97. The number of benzene rings is 1. The van der Waals surface area contributed by atoms with Crippen molar-refractivity contribution in [3.8, 4) is 17.1 Å². The highest BCUT2D eigenvalue weighted by atomic mass is 35.5. The van der Waals surface area contributed by atoms with Gasteiger partial charge >= 0.3 is 0 Å². The predicted octanol–water partition coefficient (Wildman–Crippen LogP) is 3.84. The Bertz CT molecular complexity index is 1050. The fourth-order valence-electron chi connectivity index (χ4n) is 2.39. The number of hydrogen-bond donors (Lipinski definition) is 1. The quantitative estimate of drug-likeness (QED) is 0.744. The van der Waals surface area contributed by atoms with Crippen LogP contribution in [0.2, 0.25) is 5.02 Å². The van der Waals surface area contributed by atoms with Crippen LogP contribution in [-0.2, 0) is 10.0 Å². The normalized spacial score (nSPS) is 11.5. The molecule has 0 unspecified atom stereocenters. The summed E-state index contributed by atoms with van der Waals surface area (Å²) < 4.78 is 53.9. The molecule has 1 aromatic carbocycles. The van der Waals surface area contributed by atoms with Crippen LogP contribution in [0, 0.1) is 11.6 Å². The van der Waals surface area contributed by atoms with Gasteiger partial charge in [-0.05, 0) is 30.3 Å². The Labute approximate surface area is 147 Å². The highest BCUT2D eigenvalue weighted by Crippen LogP contribution is 2.28. The molecule has 0 atom stereocenters. The molecule has 0 aliphatic heterocycles. The van der Waals surface area contributed by atoms with Crippen LogP contribution in [0.15, 0.2) is 48.8 Å². The van der Waals surface area contributed by atoms with Gasteiger partial charge in [0.15, 0.2) is 5.82 Å². The van der Waals surface area contributed by atoms with Gasteiger partial charge in [-0.1, -0.05) is 11.6 Å². The Morgan fingerprint density at radius 2 is 1.96 bits per heavy atom. The van der Waals surface area contributed by atoms with E-state index >= 15 is 0 Å². The van der Waals surface area contributed by atoms with E-state index in [9.17, 15) is 17.2 Å². The van der Waals surface area contributed by atoms with Crippen molar-refractivity contribution in [2.75, 3.05) is 11.0 Å². The van der Waals surface area contributed by atoms with Crippen LogP contribution in [0.25, 0.3) is 17.1 Å². The summed E-state index contributed by atoms with van der Waals surface area (Å²) in [5, 5.41) is 0.288. The van der Waals surface area contributed by atoms with Gasteiger partial charge < -0.3 is 4.57 Å². The van der Waals surface area contributed by atoms with Gasteiger partial charge in [-0.15, -0.1) is 0 Å². The number of pyridine rings is 1. The van der Waals surface area contributed by atoms with E-state index < -0.39 is 21.7 Å². The van der Waals surface area contributed by atoms with Gasteiger partial charge in [0.25, 0.3) is 0 Å². The molecular formula is C16H12ClF2N3O2S. The van der Waals surface area contributed by atoms with E-state index in [0.717, 1.165) is 18.5 Å². The lowest BCUT2D eigenvalue weighted by Crippen LogP contribution is -2.10. The molecule has 130 valence electrons. The summed E-state index contributed by atoms with van der Waals surface area (Å²) in [4.78, 5) is 3.80. The monoisotopic (exact) mass is 383 g/mol. The molecule has 3 rings (SSSR count). The molecule has 2 heterocycles. The SMILES string of the molecule is CS(=O)(=O)Nc1cc(Cl)cc(-n2cccc2-c2ncc(F)cc2F)c1. The number of anilines is 1. The average molecular weight is 384 g/mol. The van der Waals surface area contributed by atoms with Gasteiger partial charge in [0.05, 0.1) is 23.8 Å². The van der Waals surface area contributed by atoms with Crippen molar-refractivity contribution in [2.45, 2.75) is 0 Å². The zero-order valence-electron chi connectivity index (χ0n) is 12.9. The van der Waals surface area contributed by atoms with Crippen molar-refractivity contribution in [1.29, 1.82) is 0 Å². The minimum atomic E-state index is -3.49. The Morgan fingerprint density at radius 3 is 2.64 bits per heavy atom. The van der Waals surface area contributed by atoms with Crippen molar-refractivity contribution in [1.82, 2.24) is 9.55 Å². The molecule has 2 aromatic heterocycles. The fourth-order valence-corrected chi connectivity index (χ4v) is 3.16.